The van der Waals surface area contributed by atoms with Gasteiger partial charge in [-0.3, -0.25) is 0 Å². The van der Waals surface area contributed by atoms with Gasteiger partial charge in [-0.1, -0.05) is 55.0 Å². The summed E-state index contributed by atoms with van der Waals surface area (Å²) in [7, 11) is 0. The zero-order valence-corrected chi connectivity index (χ0v) is 11.0. The first-order valence-electron chi connectivity index (χ1n) is 6.11. The molecular formula is C16H17F3. The monoisotopic (exact) mass is 266 g/mol. The lowest BCUT2D eigenvalue weighted by Gasteiger charge is -2.06. The molecule has 0 saturated heterocycles. The van der Waals surface area contributed by atoms with Gasteiger partial charge >= 0.3 is 6.18 Å². The molecule has 0 nitrogen and oxygen atoms in total. The van der Waals surface area contributed by atoms with Crippen molar-refractivity contribution in [2.24, 2.45) is 0 Å². The standard InChI is InChI=1S/C9H9F3.C7H8/c1-2-7-3-5-8(6-4-7)9(10,11)12;1-7-5-3-2-4-6-7/h3-6H,2H2,1H3;2-6H,1H3. The molecule has 3 heteroatoms. The number of aryl methyl sites for hydroxylation is 2. The van der Waals surface area contributed by atoms with Gasteiger partial charge in [0.2, 0.25) is 0 Å². The summed E-state index contributed by atoms with van der Waals surface area (Å²) >= 11 is 0. The Hall–Kier alpha value is -1.77. The number of rotatable bonds is 1. The molecule has 2 aromatic carbocycles. The van der Waals surface area contributed by atoms with E-state index in [1.54, 1.807) is 0 Å². The average Bonchev–Trinajstić information content (AvgIpc) is 2.39. The fraction of sp³-hybridized carbons (Fsp3) is 0.250. The second-order valence-electron chi connectivity index (χ2n) is 4.20. The molecule has 0 bridgehead atoms. The predicted molar refractivity (Wildman–Crippen MR) is 72.0 cm³/mol. The molecule has 0 atom stereocenters. The molecule has 0 fully saturated rings. The molecule has 0 saturated carbocycles. The molecule has 0 radical (unpaired) electrons. The van der Waals surface area contributed by atoms with E-state index in [1.165, 1.54) is 17.7 Å². The summed E-state index contributed by atoms with van der Waals surface area (Å²) in [6, 6.07) is 15.5. The molecule has 0 unspecified atom stereocenters. The number of halogens is 3. The molecule has 0 amide bonds. The van der Waals surface area contributed by atoms with Crippen LogP contribution in [0.3, 0.4) is 0 Å². The van der Waals surface area contributed by atoms with Crippen molar-refractivity contribution in [2.75, 3.05) is 0 Å². The normalized spacial score (nSPS) is 10.6. The molecule has 0 heterocycles. The summed E-state index contributed by atoms with van der Waals surface area (Å²) in [6.07, 6.45) is -3.45. The zero-order valence-electron chi connectivity index (χ0n) is 11.0. The van der Waals surface area contributed by atoms with Crippen molar-refractivity contribution < 1.29 is 13.2 Å². The number of hydrogen-bond donors (Lipinski definition) is 0. The molecule has 19 heavy (non-hydrogen) atoms. The smallest absolute Gasteiger partial charge is 0.166 e. The molecule has 0 aliphatic heterocycles. The summed E-state index contributed by atoms with van der Waals surface area (Å²) in [4.78, 5) is 0. The maximum absolute atomic E-state index is 12.0. The minimum Gasteiger partial charge on any atom is -0.166 e. The maximum Gasteiger partial charge on any atom is 0.416 e. The number of alkyl halides is 3. The van der Waals surface area contributed by atoms with Gasteiger partial charge in [0.1, 0.15) is 0 Å². The fourth-order valence-corrected chi connectivity index (χ4v) is 1.46. The Labute approximate surface area is 111 Å². The van der Waals surface area contributed by atoms with Crippen LogP contribution in [0, 0.1) is 6.92 Å². The van der Waals surface area contributed by atoms with Crippen molar-refractivity contribution in [3.8, 4) is 0 Å². The van der Waals surface area contributed by atoms with Crippen LogP contribution >= 0.6 is 0 Å². The van der Waals surface area contributed by atoms with Gasteiger partial charge in [0.25, 0.3) is 0 Å². The van der Waals surface area contributed by atoms with Gasteiger partial charge in [-0.25, -0.2) is 0 Å². The van der Waals surface area contributed by atoms with Gasteiger partial charge in [-0.15, -0.1) is 0 Å². The van der Waals surface area contributed by atoms with E-state index in [-0.39, 0.29) is 0 Å². The van der Waals surface area contributed by atoms with Crippen molar-refractivity contribution in [3.63, 3.8) is 0 Å². The average molecular weight is 266 g/mol. The van der Waals surface area contributed by atoms with Crippen LogP contribution in [0.1, 0.15) is 23.6 Å². The van der Waals surface area contributed by atoms with Crippen molar-refractivity contribution in [3.05, 3.63) is 71.3 Å². The largest absolute Gasteiger partial charge is 0.416 e. The maximum atomic E-state index is 12.0. The highest BCUT2D eigenvalue weighted by atomic mass is 19.4. The summed E-state index contributed by atoms with van der Waals surface area (Å²) < 4.78 is 36.1. The lowest BCUT2D eigenvalue weighted by Crippen LogP contribution is -2.04. The Morgan fingerprint density at radius 1 is 0.842 bits per heavy atom. The molecule has 0 N–H and O–H groups in total. The third-order valence-electron chi connectivity index (χ3n) is 2.63. The molecule has 2 aromatic rings. The Morgan fingerprint density at radius 3 is 1.68 bits per heavy atom. The Kier molecular flexibility index (Phi) is 5.61. The van der Waals surface area contributed by atoms with Gasteiger partial charge in [0.05, 0.1) is 5.56 Å². The highest BCUT2D eigenvalue weighted by Gasteiger charge is 2.29. The van der Waals surface area contributed by atoms with Crippen molar-refractivity contribution in [2.45, 2.75) is 26.4 Å². The molecule has 0 aliphatic rings. The van der Waals surface area contributed by atoms with E-state index in [0.717, 1.165) is 24.1 Å². The summed E-state index contributed by atoms with van der Waals surface area (Å²) in [5, 5.41) is 0. The van der Waals surface area contributed by atoms with E-state index in [0.29, 0.717) is 0 Å². The summed E-state index contributed by atoms with van der Waals surface area (Å²) in [6.45, 7) is 3.99. The van der Waals surface area contributed by atoms with Crippen molar-refractivity contribution in [1.29, 1.82) is 0 Å². The van der Waals surface area contributed by atoms with Crippen LogP contribution in [0.25, 0.3) is 0 Å². The highest BCUT2D eigenvalue weighted by Crippen LogP contribution is 2.28. The van der Waals surface area contributed by atoms with Crippen LogP contribution in [0.15, 0.2) is 54.6 Å². The minimum atomic E-state index is -4.22. The van der Waals surface area contributed by atoms with E-state index in [9.17, 15) is 13.2 Å². The second-order valence-corrected chi connectivity index (χ2v) is 4.20. The van der Waals surface area contributed by atoms with E-state index in [1.807, 2.05) is 25.1 Å². The zero-order chi connectivity index (χ0) is 14.3. The molecule has 0 spiro atoms. The number of benzene rings is 2. The van der Waals surface area contributed by atoms with Gasteiger partial charge in [0, 0.05) is 0 Å². The van der Waals surface area contributed by atoms with Crippen LogP contribution in [-0.4, -0.2) is 0 Å². The Morgan fingerprint density at radius 2 is 1.37 bits per heavy atom. The lowest BCUT2D eigenvalue weighted by atomic mass is 10.1. The first-order valence-corrected chi connectivity index (χ1v) is 6.11. The van der Waals surface area contributed by atoms with E-state index in [4.69, 9.17) is 0 Å². The second kappa shape index (κ2) is 6.98. The molecule has 2 rings (SSSR count). The van der Waals surface area contributed by atoms with Crippen LogP contribution in [0.5, 0.6) is 0 Å². The molecule has 102 valence electrons. The van der Waals surface area contributed by atoms with Crippen LogP contribution < -0.4 is 0 Å². The third kappa shape index (κ3) is 5.60. The van der Waals surface area contributed by atoms with Gasteiger partial charge < -0.3 is 0 Å². The van der Waals surface area contributed by atoms with Crippen LogP contribution in [0.4, 0.5) is 13.2 Å². The molecule has 0 aromatic heterocycles. The van der Waals surface area contributed by atoms with Crippen LogP contribution in [0.2, 0.25) is 0 Å². The van der Waals surface area contributed by atoms with Gasteiger partial charge in [-0.2, -0.15) is 13.2 Å². The first kappa shape index (κ1) is 15.3. The topological polar surface area (TPSA) is 0 Å². The van der Waals surface area contributed by atoms with Gasteiger partial charge in [-0.05, 0) is 31.0 Å². The molecular weight excluding hydrogens is 249 g/mol. The highest BCUT2D eigenvalue weighted by molar-refractivity contribution is 5.24. The predicted octanol–water partition coefficient (Wildman–Crippen LogP) is 5.26. The first-order chi connectivity index (χ1) is 8.93. The Balaban J connectivity index is 0.000000218. The van der Waals surface area contributed by atoms with Gasteiger partial charge in [0.15, 0.2) is 0 Å². The van der Waals surface area contributed by atoms with E-state index in [2.05, 4.69) is 19.1 Å². The fourth-order valence-electron chi connectivity index (χ4n) is 1.46. The SMILES string of the molecule is CCc1ccc(C(F)(F)F)cc1.Cc1ccccc1. The molecule has 0 aliphatic carbocycles. The lowest BCUT2D eigenvalue weighted by molar-refractivity contribution is -0.137. The van der Waals surface area contributed by atoms with Crippen LogP contribution in [-0.2, 0) is 12.6 Å². The third-order valence-corrected chi connectivity index (χ3v) is 2.63. The quantitative estimate of drug-likeness (QED) is 0.660. The van der Waals surface area contributed by atoms with E-state index >= 15 is 0 Å². The number of hydrogen-bond acceptors (Lipinski definition) is 0. The minimum absolute atomic E-state index is 0.584. The van der Waals surface area contributed by atoms with Crippen molar-refractivity contribution in [1.82, 2.24) is 0 Å². The van der Waals surface area contributed by atoms with E-state index < -0.39 is 11.7 Å². The Bertz CT molecular complexity index is 470. The summed E-state index contributed by atoms with van der Waals surface area (Å²) in [5.74, 6) is 0. The van der Waals surface area contributed by atoms with Crippen molar-refractivity contribution >= 4 is 0 Å². The summed E-state index contributed by atoms with van der Waals surface area (Å²) in [5.41, 5.74) is 1.66.